The number of benzene rings is 3. The summed E-state index contributed by atoms with van der Waals surface area (Å²) in [6.07, 6.45) is 3.30. The highest BCUT2D eigenvalue weighted by atomic mass is 32.2. The summed E-state index contributed by atoms with van der Waals surface area (Å²) < 4.78 is 26.1. The van der Waals surface area contributed by atoms with Crippen LogP contribution in [0.15, 0.2) is 88.8 Å². The molecule has 0 aromatic heterocycles. The minimum absolute atomic E-state index is 0.0664. The number of aliphatic imine (C=N–C) groups is 1. The normalized spacial score (nSPS) is 16.2. The molecule has 3 aromatic carbocycles. The number of carbonyl (C=O) groups is 1. The Balaban J connectivity index is 1.39. The number of aryl methyl sites for hydroxylation is 2. The van der Waals surface area contributed by atoms with Gasteiger partial charge in [0, 0.05) is 23.6 Å². The van der Waals surface area contributed by atoms with Crippen LogP contribution in [0.4, 0.5) is 5.69 Å². The number of carboxylic acids is 1. The van der Waals surface area contributed by atoms with E-state index in [1.165, 1.54) is 5.56 Å². The van der Waals surface area contributed by atoms with Crippen molar-refractivity contribution in [2.24, 2.45) is 4.99 Å². The molecule has 6 nitrogen and oxygen atoms in total. The van der Waals surface area contributed by atoms with Crippen LogP contribution in [0.2, 0.25) is 0 Å². The van der Waals surface area contributed by atoms with Gasteiger partial charge in [0.05, 0.1) is 17.1 Å². The molecule has 8 heteroatoms. The Morgan fingerprint density at radius 1 is 1.00 bits per heavy atom. The molecule has 2 N–H and O–H groups in total. The van der Waals surface area contributed by atoms with E-state index < -0.39 is 21.7 Å². The van der Waals surface area contributed by atoms with Crippen molar-refractivity contribution in [3.05, 3.63) is 95.6 Å². The van der Waals surface area contributed by atoms with Crippen LogP contribution < -0.4 is 5.32 Å². The fourth-order valence-corrected chi connectivity index (χ4v) is 6.41. The molecule has 1 aliphatic heterocycles. The lowest BCUT2D eigenvalue weighted by molar-refractivity contribution is -0.137. The Kier molecular flexibility index (Phi) is 8.25. The molecule has 182 valence electrons. The highest BCUT2D eigenvalue weighted by Gasteiger charge is 2.24. The zero-order valence-electron chi connectivity index (χ0n) is 19.2. The highest BCUT2D eigenvalue weighted by molar-refractivity contribution is 8.00. The first-order valence-electron chi connectivity index (χ1n) is 11.5. The summed E-state index contributed by atoms with van der Waals surface area (Å²) in [5.41, 5.74) is 4.05. The molecule has 0 spiro atoms. The number of sulfone groups is 1. The average Bonchev–Trinajstić information content (AvgIpc) is 3.36. The maximum absolute atomic E-state index is 13.1. The Labute approximate surface area is 210 Å². The summed E-state index contributed by atoms with van der Waals surface area (Å²) in [6, 6.07) is 24.2. The van der Waals surface area contributed by atoms with E-state index in [0.717, 1.165) is 29.8 Å². The number of hydrogen-bond donors (Lipinski definition) is 2. The fourth-order valence-electron chi connectivity index (χ4n) is 4.08. The van der Waals surface area contributed by atoms with Gasteiger partial charge in [-0.25, -0.2) is 8.42 Å². The largest absolute Gasteiger partial charge is 0.481 e. The van der Waals surface area contributed by atoms with E-state index in [1.54, 1.807) is 48.2 Å². The number of nitrogens with one attached hydrogen (secondary N) is 1. The van der Waals surface area contributed by atoms with Gasteiger partial charge in [0.15, 0.2) is 15.3 Å². The monoisotopic (exact) mass is 508 g/mol. The molecule has 0 amide bonds. The number of thioether (sulfide) groups is 1. The topological polar surface area (TPSA) is 95.8 Å². The second-order valence-electron chi connectivity index (χ2n) is 8.49. The standard InChI is InChI=1S/C27H28N2O4S2/c30-26(31)18-23(22-6-2-1-3-7-22)19-35(32,33)25-13-11-20(12-14-25)9-10-21-5-4-8-24(17-21)29-27-28-15-16-34-27/h1-8,11-15,17,23,27,29H,9-10,16,18-19H2,(H,30,31)/t23-,27?/m0/s1. The lowest BCUT2D eigenvalue weighted by Gasteiger charge is -2.16. The van der Waals surface area contributed by atoms with Crippen molar-refractivity contribution in [3.63, 3.8) is 0 Å². The molecule has 0 aliphatic carbocycles. The lowest BCUT2D eigenvalue weighted by Crippen LogP contribution is -2.18. The Bertz CT molecular complexity index is 1280. The molecule has 0 radical (unpaired) electrons. The summed E-state index contributed by atoms with van der Waals surface area (Å²) in [5.74, 6) is -0.938. The third-order valence-electron chi connectivity index (χ3n) is 5.88. The molecule has 0 bridgehead atoms. The van der Waals surface area contributed by atoms with Crippen molar-refractivity contribution < 1.29 is 18.3 Å². The van der Waals surface area contributed by atoms with Gasteiger partial charge >= 0.3 is 5.97 Å². The molecule has 2 atom stereocenters. The minimum Gasteiger partial charge on any atom is -0.481 e. The second kappa shape index (κ2) is 11.6. The zero-order chi connectivity index (χ0) is 24.7. The van der Waals surface area contributed by atoms with Crippen molar-refractivity contribution in [2.75, 3.05) is 16.8 Å². The van der Waals surface area contributed by atoms with Crippen LogP contribution in [0, 0.1) is 0 Å². The first-order chi connectivity index (χ1) is 16.9. The van der Waals surface area contributed by atoms with Gasteiger partial charge in [-0.3, -0.25) is 9.79 Å². The molecule has 1 heterocycles. The molecule has 0 fully saturated rings. The van der Waals surface area contributed by atoms with Gasteiger partial charge in [0.1, 0.15) is 0 Å². The van der Waals surface area contributed by atoms with E-state index in [1.807, 2.05) is 36.5 Å². The third kappa shape index (κ3) is 7.19. The highest BCUT2D eigenvalue weighted by Crippen LogP contribution is 2.26. The quantitative estimate of drug-likeness (QED) is 0.378. The molecular weight excluding hydrogens is 480 g/mol. The van der Waals surface area contributed by atoms with Crippen LogP contribution in [0.1, 0.15) is 29.0 Å². The van der Waals surface area contributed by atoms with E-state index in [4.69, 9.17) is 0 Å². The van der Waals surface area contributed by atoms with Gasteiger partial charge < -0.3 is 10.4 Å². The van der Waals surface area contributed by atoms with E-state index in [2.05, 4.69) is 22.4 Å². The number of hydrogen-bond acceptors (Lipinski definition) is 6. The van der Waals surface area contributed by atoms with Gasteiger partial charge in [-0.1, -0.05) is 54.6 Å². The fraction of sp³-hybridized carbons (Fsp3) is 0.259. The third-order valence-corrected chi connectivity index (χ3v) is 8.61. The van der Waals surface area contributed by atoms with E-state index in [0.29, 0.717) is 5.56 Å². The van der Waals surface area contributed by atoms with E-state index in [-0.39, 0.29) is 22.6 Å². The number of carboxylic acid groups (broad SMARTS) is 1. The summed E-state index contributed by atoms with van der Waals surface area (Å²) in [5, 5.41) is 12.7. The summed E-state index contributed by atoms with van der Waals surface area (Å²) >= 11 is 1.75. The smallest absolute Gasteiger partial charge is 0.303 e. The second-order valence-corrected chi connectivity index (χ2v) is 11.6. The summed E-state index contributed by atoms with van der Waals surface area (Å²) in [7, 11) is -3.64. The Hall–Kier alpha value is -3.10. The van der Waals surface area contributed by atoms with E-state index in [9.17, 15) is 18.3 Å². The van der Waals surface area contributed by atoms with Gasteiger partial charge in [0.2, 0.25) is 0 Å². The van der Waals surface area contributed by atoms with Gasteiger partial charge in [-0.05, 0) is 53.8 Å². The molecule has 0 saturated carbocycles. The first-order valence-corrected chi connectivity index (χ1v) is 14.2. The first kappa shape index (κ1) is 25.0. The number of aliphatic carboxylic acids is 1. The van der Waals surface area contributed by atoms with Crippen LogP contribution in [0.25, 0.3) is 0 Å². The number of anilines is 1. The molecular formula is C27H28N2O4S2. The lowest BCUT2D eigenvalue weighted by atomic mass is 9.98. The van der Waals surface area contributed by atoms with Crippen LogP contribution in [0.5, 0.6) is 0 Å². The van der Waals surface area contributed by atoms with Gasteiger partial charge in [-0.2, -0.15) is 0 Å². The van der Waals surface area contributed by atoms with Crippen molar-refractivity contribution >= 4 is 39.5 Å². The van der Waals surface area contributed by atoms with Crippen molar-refractivity contribution in [1.29, 1.82) is 0 Å². The number of nitrogens with zero attached hydrogens (tertiary/aromatic N) is 1. The summed E-state index contributed by atoms with van der Waals surface area (Å²) in [6.45, 7) is 0. The average molecular weight is 509 g/mol. The molecule has 1 aliphatic rings. The zero-order valence-corrected chi connectivity index (χ0v) is 20.8. The van der Waals surface area contributed by atoms with Gasteiger partial charge in [-0.15, -0.1) is 11.8 Å². The van der Waals surface area contributed by atoms with Crippen LogP contribution in [0.3, 0.4) is 0 Å². The van der Waals surface area contributed by atoms with Crippen LogP contribution in [-0.2, 0) is 27.5 Å². The SMILES string of the molecule is O=C(O)C[C@@H](CS(=O)(=O)c1ccc(CCc2cccc(NC3N=CCS3)c2)cc1)c1ccccc1. The predicted molar refractivity (Wildman–Crippen MR) is 142 cm³/mol. The maximum Gasteiger partial charge on any atom is 0.303 e. The molecule has 3 aromatic rings. The molecule has 0 saturated heterocycles. The number of rotatable bonds is 11. The Morgan fingerprint density at radius 2 is 1.74 bits per heavy atom. The van der Waals surface area contributed by atoms with Crippen molar-refractivity contribution in [2.45, 2.75) is 35.6 Å². The van der Waals surface area contributed by atoms with Crippen LogP contribution in [-0.4, -0.2) is 42.7 Å². The van der Waals surface area contributed by atoms with Crippen molar-refractivity contribution in [1.82, 2.24) is 0 Å². The Morgan fingerprint density at radius 3 is 2.43 bits per heavy atom. The summed E-state index contributed by atoms with van der Waals surface area (Å²) in [4.78, 5) is 15.9. The molecule has 4 rings (SSSR count). The molecule has 1 unspecified atom stereocenters. The maximum atomic E-state index is 13.1. The van der Waals surface area contributed by atoms with Gasteiger partial charge in [0.25, 0.3) is 0 Å². The molecule has 35 heavy (non-hydrogen) atoms. The predicted octanol–water partition coefficient (Wildman–Crippen LogP) is 5.02. The minimum atomic E-state index is -3.64. The van der Waals surface area contributed by atoms with Crippen LogP contribution >= 0.6 is 11.8 Å². The van der Waals surface area contributed by atoms with E-state index >= 15 is 0 Å². The van der Waals surface area contributed by atoms with Crippen molar-refractivity contribution in [3.8, 4) is 0 Å².